The summed E-state index contributed by atoms with van der Waals surface area (Å²) in [6.45, 7) is 4.96. The van der Waals surface area contributed by atoms with Crippen molar-refractivity contribution < 1.29 is 19.6 Å². The molecule has 0 spiro atoms. The summed E-state index contributed by atoms with van der Waals surface area (Å²) in [6.07, 6.45) is 0. The maximum atomic E-state index is 12.1. The number of nitro benzene ring substituents is 1. The van der Waals surface area contributed by atoms with Crippen LogP contribution in [-0.4, -0.2) is 27.9 Å². The quantitative estimate of drug-likeness (QED) is 0.630. The summed E-state index contributed by atoms with van der Waals surface area (Å²) in [5.41, 5.74) is 0.435. The molecule has 0 aromatic heterocycles. The second-order valence-electron chi connectivity index (χ2n) is 4.79. The number of carboxylic acid groups (broad SMARTS) is 1. The van der Waals surface area contributed by atoms with Gasteiger partial charge in [0.15, 0.2) is 0 Å². The second-order valence-corrected chi connectivity index (χ2v) is 4.79. The van der Waals surface area contributed by atoms with Crippen molar-refractivity contribution in [3.8, 4) is 0 Å². The molecule has 0 bridgehead atoms. The summed E-state index contributed by atoms with van der Waals surface area (Å²) < 4.78 is 0. The van der Waals surface area contributed by atoms with Gasteiger partial charge in [0.05, 0.1) is 4.92 Å². The number of benzene rings is 1. The van der Waals surface area contributed by atoms with Crippen LogP contribution in [0.15, 0.2) is 18.2 Å². The van der Waals surface area contributed by atoms with E-state index in [0.29, 0.717) is 5.56 Å². The zero-order valence-electron chi connectivity index (χ0n) is 11.4. The molecule has 20 heavy (non-hydrogen) atoms. The van der Waals surface area contributed by atoms with Crippen LogP contribution in [0.5, 0.6) is 0 Å². The monoisotopic (exact) mass is 280 g/mol. The molecule has 7 nitrogen and oxygen atoms in total. The van der Waals surface area contributed by atoms with Crippen molar-refractivity contribution in [3.05, 3.63) is 39.4 Å². The molecule has 7 heteroatoms. The number of non-ortho nitro benzene ring substituents is 1. The Morgan fingerprint density at radius 3 is 2.40 bits per heavy atom. The lowest BCUT2D eigenvalue weighted by molar-refractivity contribution is -0.384. The van der Waals surface area contributed by atoms with Crippen molar-refractivity contribution >= 4 is 17.6 Å². The minimum atomic E-state index is -1.14. The lowest BCUT2D eigenvalue weighted by Gasteiger charge is -2.18. The Labute approximate surface area is 115 Å². The van der Waals surface area contributed by atoms with Gasteiger partial charge in [-0.1, -0.05) is 19.9 Å². The third-order valence-corrected chi connectivity index (χ3v) is 2.90. The van der Waals surface area contributed by atoms with Gasteiger partial charge in [0.2, 0.25) is 0 Å². The second kappa shape index (κ2) is 6.14. The van der Waals surface area contributed by atoms with E-state index in [0.717, 1.165) is 6.07 Å². The number of rotatable bonds is 5. The first-order valence-corrected chi connectivity index (χ1v) is 6.02. The molecule has 0 heterocycles. The predicted octanol–water partition coefficient (Wildman–Crippen LogP) is 1.74. The van der Waals surface area contributed by atoms with Gasteiger partial charge >= 0.3 is 5.97 Å². The van der Waals surface area contributed by atoms with Crippen molar-refractivity contribution in [3.63, 3.8) is 0 Å². The van der Waals surface area contributed by atoms with E-state index in [2.05, 4.69) is 5.32 Å². The molecule has 1 aromatic carbocycles. The van der Waals surface area contributed by atoms with Crippen molar-refractivity contribution in [2.24, 2.45) is 5.92 Å². The first-order chi connectivity index (χ1) is 9.23. The molecular weight excluding hydrogens is 264 g/mol. The van der Waals surface area contributed by atoms with Gasteiger partial charge in [0.1, 0.15) is 6.04 Å². The molecule has 0 saturated heterocycles. The number of aliphatic carboxylic acids is 1. The Hall–Kier alpha value is -2.44. The Bertz CT molecular complexity index is 554. The van der Waals surface area contributed by atoms with Gasteiger partial charge in [0, 0.05) is 17.7 Å². The van der Waals surface area contributed by atoms with Crippen LogP contribution in [0.2, 0.25) is 0 Å². The standard InChI is InChI=1S/C13H16N2O5/c1-7(2)11(13(17)18)14-12(16)10-6-9(15(19)20)5-4-8(10)3/h4-7,11H,1-3H3,(H,14,16)(H,17,18)/t11-/m1/s1. The van der Waals surface area contributed by atoms with E-state index in [4.69, 9.17) is 5.11 Å². The number of nitrogens with zero attached hydrogens (tertiary/aromatic N) is 1. The fourth-order valence-electron chi connectivity index (χ4n) is 1.70. The minimum absolute atomic E-state index is 0.103. The van der Waals surface area contributed by atoms with Crippen LogP contribution in [0.4, 0.5) is 5.69 Å². The Kier molecular flexibility index (Phi) is 4.79. The normalized spacial score (nSPS) is 12.0. The van der Waals surface area contributed by atoms with Gasteiger partial charge in [-0.05, 0) is 18.4 Å². The molecular formula is C13H16N2O5. The van der Waals surface area contributed by atoms with Crippen LogP contribution in [0.3, 0.4) is 0 Å². The van der Waals surface area contributed by atoms with Crippen molar-refractivity contribution in [1.29, 1.82) is 0 Å². The summed E-state index contributed by atoms with van der Waals surface area (Å²) in [7, 11) is 0. The number of carbonyl (C=O) groups excluding carboxylic acids is 1. The molecule has 2 N–H and O–H groups in total. The van der Waals surface area contributed by atoms with E-state index in [1.807, 2.05) is 0 Å². The first-order valence-electron chi connectivity index (χ1n) is 6.02. The topological polar surface area (TPSA) is 110 Å². The molecule has 1 rings (SSSR count). The smallest absolute Gasteiger partial charge is 0.326 e. The number of aryl methyl sites for hydroxylation is 1. The van der Waals surface area contributed by atoms with Gasteiger partial charge in [-0.2, -0.15) is 0 Å². The van der Waals surface area contributed by atoms with Gasteiger partial charge in [-0.25, -0.2) is 4.79 Å². The Morgan fingerprint density at radius 2 is 1.95 bits per heavy atom. The number of amides is 1. The van der Waals surface area contributed by atoms with E-state index < -0.39 is 22.8 Å². The molecule has 0 unspecified atom stereocenters. The fourth-order valence-corrected chi connectivity index (χ4v) is 1.70. The zero-order chi connectivity index (χ0) is 15.4. The molecule has 1 atom stereocenters. The van der Waals surface area contributed by atoms with Crippen LogP contribution in [0.25, 0.3) is 0 Å². The lowest BCUT2D eigenvalue weighted by Crippen LogP contribution is -2.44. The Balaban J connectivity index is 3.05. The molecule has 1 amide bonds. The molecule has 0 aliphatic carbocycles. The molecule has 0 fully saturated rings. The van der Waals surface area contributed by atoms with E-state index in [9.17, 15) is 19.7 Å². The number of hydrogen-bond donors (Lipinski definition) is 2. The zero-order valence-corrected chi connectivity index (χ0v) is 11.4. The number of carboxylic acids is 1. The third kappa shape index (κ3) is 3.53. The highest BCUT2D eigenvalue weighted by atomic mass is 16.6. The summed E-state index contributed by atoms with van der Waals surface area (Å²) in [4.78, 5) is 33.2. The van der Waals surface area contributed by atoms with Gasteiger partial charge in [-0.3, -0.25) is 14.9 Å². The molecule has 0 aliphatic heterocycles. The van der Waals surface area contributed by atoms with Crippen LogP contribution >= 0.6 is 0 Å². The molecule has 0 aliphatic rings. The summed E-state index contributed by atoms with van der Waals surface area (Å²) in [5.74, 6) is -2.07. The average molecular weight is 280 g/mol. The van der Waals surface area contributed by atoms with Crippen LogP contribution < -0.4 is 5.32 Å². The molecule has 1 aromatic rings. The molecule has 108 valence electrons. The van der Waals surface area contributed by atoms with Crippen LogP contribution in [-0.2, 0) is 4.79 Å². The maximum absolute atomic E-state index is 12.1. The highest BCUT2D eigenvalue weighted by molar-refractivity contribution is 5.98. The van der Waals surface area contributed by atoms with Gasteiger partial charge in [0.25, 0.3) is 11.6 Å². The van der Waals surface area contributed by atoms with Gasteiger partial charge in [-0.15, -0.1) is 0 Å². The van der Waals surface area contributed by atoms with E-state index in [-0.39, 0.29) is 17.2 Å². The highest BCUT2D eigenvalue weighted by Crippen LogP contribution is 2.17. The highest BCUT2D eigenvalue weighted by Gasteiger charge is 2.25. The number of hydrogen-bond acceptors (Lipinski definition) is 4. The summed E-state index contributed by atoms with van der Waals surface area (Å²) >= 11 is 0. The number of carbonyl (C=O) groups is 2. The van der Waals surface area contributed by atoms with E-state index >= 15 is 0 Å². The Morgan fingerprint density at radius 1 is 1.35 bits per heavy atom. The molecule has 0 saturated carbocycles. The maximum Gasteiger partial charge on any atom is 0.326 e. The van der Waals surface area contributed by atoms with Crippen LogP contribution in [0.1, 0.15) is 29.8 Å². The summed E-state index contributed by atoms with van der Waals surface area (Å²) in [6, 6.07) is 2.85. The van der Waals surface area contributed by atoms with Crippen LogP contribution in [0, 0.1) is 23.0 Å². The minimum Gasteiger partial charge on any atom is -0.480 e. The van der Waals surface area contributed by atoms with Crippen molar-refractivity contribution in [2.75, 3.05) is 0 Å². The molecule has 0 radical (unpaired) electrons. The van der Waals surface area contributed by atoms with Crippen molar-refractivity contribution in [2.45, 2.75) is 26.8 Å². The lowest BCUT2D eigenvalue weighted by atomic mass is 10.0. The number of nitro groups is 1. The largest absolute Gasteiger partial charge is 0.480 e. The first kappa shape index (κ1) is 15.6. The SMILES string of the molecule is Cc1ccc([N+](=O)[O-])cc1C(=O)N[C@@H](C(=O)O)C(C)C. The predicted molar refractivity (Wildman–Crippen MR) is 71.6 cm³/mol. The average Bonchev–Trinajstić information content (AvgIpc) is 2.34. The number of nitrogens with one attached hydrogen (secondary N) is 1. The third-order valence-electron chi connectivity index (χ3n) is 2.90. The van der Waals surface area contributed by atoms with E-state index in [1.54, 1.807) is 20.8 Å². The fraction of sp³-hybridized carbons (Fsp3) is 0.385. The summed E-state index contributed by atoms with van der Waals surface area (Å²) in [5, 5.41) is 22.1. The van der Waals surface area contributed by atoms with Gasteiger partial charge < -0.3 is 10.4 Å². The van der Waals surface area contributed by atoms with E-state index in [1.165, 1.54) is 12.1 Å². The van der Waals surface area contributed by atoms with Crippen molar-refractivity contribution in [1.82, 2.24) is 5.32 Å².